The third-order valence-electron chi connectivity index (χ3n) is 3.23. The van der Waals surface area contributed by atoms with E-state index in [-0.39, 0.29) is 5.91 Å². The lowest BCUT2D eigenvalue weighted by atomic mass is 10.0. The topological polar surface area (TPSA) is 42.0 Å². The van der Waals surface area contributed by atoms with Gasteiger partial charge in [-0.2, -0.15) is 0 Å². The minimum atomic E-state index is -0.0672. The Morgan fingerprint density at radius 3 is 2.33 bits per heavy atom. The molecule has 1 aromatic carbocycles. The maximum atomic E-state index is 12.1. The summed E-state index contributed by atoms with van der Waals surface area (Å²) in [6.45, 7) is 8.97. The van der Waals surface area contributed by atoms with E-state index in [2.05, 4.69) is 56.2 Å². The van der Waals surface area contributed by atoms with Crippen LogP contribution < -0.4 is 5.32 Å². The van der Waals surface area contributed by atoms with Crippen molar-refractivity contribution in [3.8, 4) is 11.1 Å². The van der Waals surface area contributed by atoms with Crippen LogP contribution in [-0.4, -0.2) is 17.4 Å². The molecule has 2 rings (SSSR count). The summed E-state index contributed by atoms with van der Waals surface area (Å²) in [5, 5.41) is 2.92. The first-order valence-corrected chi connectivity index (χ1v) is 7.27. The predicted octanol–water partition coefficient (Wildman–Crippen LogP) is 3.75. The molecule has 0 aliphatic carbocycles. The Morgan fingerprint density at radius 2 is 1.71 bits per heavy atom. The van der Waals surface area contributed by atoms with Crippen molar-refractivity contribution in [2.45, 2.75) is 27.7 Å². The third kappa shape index (κ3) is 4.15. The van der Waals surface area contributed by atoms with Gasteiger partial charge in [-0.25, -0.2) is 0 Å². The van der Waals surface area contributed by atoms with Crippen LogP contribution in [0.25, 0.3) is 11.1 Å². The van der Waals surface area contributed by atoms with Crippen molar-refractivity contribution >= 4 is 5.91 Å². The number of nitrogens with one attached hydrogen (secondary N) is 1. The molecular weight excluding hydrogens is 260 g/mol. The van der Waals surface area contributed by atoms with Gasteiger partial charge in [0.1, 0.15) is 0 Å². The molecule has 0 radical (unpaired) electrons. The maximum absolute atomic E-state index is 12.1. The highest BCUT2D eigenvalue weighted by molar-refractivity contribution is 5.95. The third-order valence-corrected chi connectivity index (χ3v) is 3.23. The fraction of sp³-hybridized carbons (Fsp3) is 0.333. The Bertz CT molecular complexity index is 627. The molecule has 1 N–H and O–H groups in total. The zero-order valence-electron chi connectivity index (χ0n) is 13.1. The number of carbonyl (C=O) groups excluding carboxylic acids is 1. The zero-order valence-corrected chi connectivity index (χ0v) is 13.1. The van der Waals surface area contributed by atoms with E-state index in [1.807, 2.05) is 6.07 Å². The van der Waals surface area contributed by atoms with Crippen LogP contribution in [0.3, 0.4) is 0 Å². The van der Waals surface area contributed by atoms with Crippen molar-refractivity contribution in [3.63, 3.8) is 0 Å². The SMILES string of the molecule is Cc1cc(C)cc(-c2cncc(C(=O)NCC(C)C)c2)c1. The van der Waals surface area contributed by atoms with Crippen molar-refractivity contribution in [3.05, 3.63) is 53.3 Å². The number of rotatable bonds is 4. The highest BCUT2D eigenvalue weighted by Gasteiger charge is 2.08. The van der Waals surface area contributed by atoms with Crippen molar-refractivity contribution < 1.29 is 4.79 Å². The molecule has 0 atom stereocenters. The van der Waals surface area contributed by atoms with Crippen molar-refractivity contribution in [2.24, 2.45) is 5.92 Å². The van der Waals surface area contributed by atoms with E-state index in [9.17, 15) is 4.79 Å². The lowest BCUT2D eigenvalue weighted by Gasteiger charge is -2.09. The van der Waals surface area contributed by atoms with Crippen LogP contribution in [0.2, 0.25) is 0 Å². The van der Waals surface area contributed by atoms with Crippen molar-refractivity contribution in [1.82, 2.24) is 10.3 Å². The smallest absolute Gasteiger partial charge is 0.252 e. The van der Waals surface area contributed by atoms with Gasteiger partial charge in [0.15, 0.2) is 0 Å². The minimum absolute atomic E-state index is 0.0672. The number of benzene rings is 1. The first-order chi connectivity index (χ1) is 9.95. The molecule has 0 aliphatic heterocycles. The van der Waals surface area contributed by atoms with Crippen LogP contribution in [0.1, 0.15) is 35.3 Å². The van der Waals surface area contributed by atoms with Crippen LogP contribution >= 0.6 is 0 Å². The lowest BCUT2D eigenvalue weighted by molar-refractivity contribution is 0.0948. The summed E-state index contributed by atoms with van der Waals surface area (Å²) in [6, 6.07) is 8.26. The van der Waals surface area contributed by atoms with Gasteiger partial charge in [-0.3, -0.25) is 9.78 Å². The quantitative estimate of drug-likeness (QED) is 0.928. The summed E-state index contributed by atoms with van der Waals surface area (Å²) in [5.74, 6) is 0.368. The molecule has 1 aromatic heterocycles. The molecule has 0 saturated carbocycles. The molecule has 21 heavy (non-hydrogen) atoms. The molecule has 0 spiro atoms. The number of pyridine rings is 1. The summed E-state index contributed by atoms with van der Waals surface area (Å²) in [5.41, 5.74) is 5.09. The molecule has 0 fully saturated rings. The van der Waals surface area contributed by atoms with Gasteiger partial charge in [0.2, 0.25) is 0 Å². The molecule has 1 heterocycles. The molecule has 0 bridgehead atoms. The van der Waals surface area contributed by atoms with Crippen LogP contribution in [-0.2, 0) is 0 Å². The van der Waals surface area contributed by atoms with Gasteiger partial charge in [0, 0.05) is 24.5 Å². The number of carbonyl (C=O) groups is 1. The van der Waals surface area contributed by atoms with E-state index in [4.69, 9.17) is 0 Å². The van der Waals surface area contributed by atoms with Gasteiger partial charge >= 0.3 is 0 Å². The number of hydrogen-bond donors (Lipinski definition) is 1. The van der Waals surface area contributed by atoms with E-state index in [0.717, 1.165) is 11.1 Å². The van der Waals surface area contributed by atoms with Crippen molar-refractivity contribution in [2.75, 3.05) is 6.54 Å². The van der Waals surface area contributed by atoms with Gasteiger partial charge in [-0.1, -0.05) is 43.2 Å². The van der Waals surface area contributed by atoms with Gasteiger partial charge in [0.05, 0.1) is 5.56 Å². The normalized spacial score (nSPS) is 10.7. The van der Waals surface area contributed by atoms with E-state index in [1.54, 1.807) is 12.4 Å². The predicted molar refractivity (Wildman–Crippen MR) is 86.3 cm³/mol. The van der Waals surface area contributed by atoms with Crippen LogP contribution in [0.15, 0.2) is 36.7 Å². The Balaban J connectivity index is 2.27. The highest BCUT2D eigenvalue weighted by atomic mass is 16.1. The monoisotopic (exact) mass is 282 g/mol. The van der Waals surface area contributed by atoms with Crippen molar-refractivity contribution in [1.29, 1.82) is 0 Å². The molecule has 0 unspecified atom stereocenters. The van der Waals surface area contributed by atoms with Gasteiger partial charge in [-0.15, -0.1) is 0 Å². The van der Waals surface area contributed by atoms with E-state index < -0.39 is 0 Å². The van der Waals surface area contributed by atoms with Crippen LogP contribution in [0.5, 0.6) is 0 Å². The second kappa shape index (κ2) is 6.53. The zero-order chi connectivity index (χ0) is 15.4. The van der Waals surface area contributed by atoms with E-state index >= 15 is 0 Å². The second-order valence-corrected chi connectivity index (χ2v) is 5.94. The largest absolute Gasteiger partial charge is 0.352 e. The molecule has 2 aromatic rings. The van der Waals surface area contributed by atoms with Gasteiger partial charge in [0.25, 0.3) is 5.91 Å². The average molecular weight is 282 g/mol. The standard InChI is InChI=1S/C18H22N2O/c1-12(2)9-20-18(21)17-8-16(10-19-11-17)15-6-13(3)5-14(4)7-15/h5-8,10-12H,9H2,1-4H3,(H,20,21). The number of aromatic nitrogens is 1. The lowest BCUT2D eigenvalue weighted by Crippen LogP contribution is -2.27. The first-order valence-electron chi connectivity index (χ1n) is 7.27. The molecule has 110 valence electrons. The van der Waals surface area contributed by atoms with Crippen LogP contribution in [0.4, 0.5) is 0 Å². The summed E-state index contributed by atoms with van der Waals surface area (Å²) < 4.78 is 0. The number of hydrogen-bond acceptors (Lipinski definition) is 2. The van der Waals surface area contributed by atoms with Gasteiger partial charge in [-0.05, 0) is 31.4 Å². The number of amides is 1. The molecule has 1 amide bonds. The Hall–Kier alpha value is -2.16. The van der Waals surface area contributed by atoms with Crippen LogP contribution in [0, 0.1) is 19.8 Å². The molecular formula is C18H22N2O. The summed E-state index contributed by atoms with van der Waals surface area (Å²) >= 11 is 0. The molecule has 0 aliphatic rings. The molecule has 3 nitrogen and oxygen atoms in total. The maximum Gasteiger partial charge on any atom is 0.252 e. The fourth-order valence-corrected chi connectivity index (χ4v) is 2.26. The Labute approximate surface area is 126 Å². The van der Waals surface area contributed by atoms with E-state index in [0.29, 0.717) is 18.0 Å². The number of nitrogens with zero attached hydrogens (tertiary/aromatic N) is 1. The van der Waals surface area contributed by atoms with Gasteiger partial charge < -0.3 is 5.32 Å². The fourth-order valence-electron chi connectivity index (χ4n) is 2.26. The molecule has 0 saturated heterocycles. The Morgan fingerprint density at radius 1 is 1.05 bits per heavy atom. The minimum Gasteiger partial charge on any atom is -0.352 e. The van der Waals surface area contributed by atoms with E-state index in [1.165, 1.54) is 11.1 Å². The number of aryl methyl sites for hydroxylation is 2. The average Bonchev–Trinajstić information content (AvgIpc) is 2.44. The first kappa shape index (κ1) is 15.2. The summed E-state index contributed by atoms with van der Waals surface area (Å²) in [7, 11) is 0. The summed E-state index contributed by atoms with van der Waals surface area (Å²) in [4.78, 5) is 16.3. The Kier molecular flexibility index (Phi) is 4.73. The highest BCUT2D eigenvalue weighted by Crippen LogP contribution is 2.22. The molecule has 3 heteroatoms. The summed E-state index contributed by atoms with van der Waals surface area (Å²) in [6.07, 6.45) is 3.41. The second-order valence-electron chi connectivity index (χ2n) is 5.94.